The number of carbonyl (C=O) groups excluding carboxylic acids is 1. The van der Waals surface area contributed by atoms with Gasteiger partial charge in [0.2, 0.25) is 0 Å². The minimum Gasteiger partial charge on any atom is -0.491 e. The molecule has 0 aliphatic carbocycles. The fraction of sp³-hybridized carbons (Fsp3) is 0.200. The van der Waals surface area contributed by atoms with Gasteiger partial charge < -0.3 is 14.3 Å². The number of aliphatic hydroxyl groups is 1. The third-order valence-electron chi connectivity index (χ3n) is 3.72. The molecule has 0 bridgehead atoms. The van der Waals surface area contributed by atoms with E-state index >= 15 is 0 Å². The molecule has 0 fully saturated rings. The fourth-order valence-electron chi connectivity index (χ4n) is 2.27. The normalized spacial score (nSPS) is 12.0. The van der Waals surface area contributed by atoms with Crippen molar-refractivity contribution in [2.45, 2.75) is 18.3 Å². The monoisotopic (exact) mass is 387 g/mol. The number of carbonyl (C=O) groups is 1. The Hall–Kier alpha value is -2.64. The lowest BCUT2D eigenvalue weighted by Gasteiger charge is -2.11. The maximum Gasteiger partial charge on any atom is 0.256 e. The van der Waals surface area contributed by atoms with Crippen LogP contribution in [0.5, 0.6) is 5.75 Å². The zero-order valence-corrected chi connectivity index (χ0v) is 15.4. The summed E-state index contributed by atoms with van der Waals surface area (Å²) in [6.45, 7) is 1.61. The molecule has 0 spiro atoms. The molecule has 1 unspecified atom stereocenters. The van der Waals surface area contributed by atoms with Gasteiger partial charge in [-0.3, -0.25) is 4.79 Å². The maximum atomic E-state index is 13.0. The minimum absolute atomic E-state index is 0.0102. The molecule has 3 rings (SSSR count). The number of nitrogens with zero attached hydrogens (tertiary/aromatic N) is 1. The number of rotatable bonds is 8. The highest BCUT2D eigenvalue weighted by molar-refractivity contribution is 7.99. The molecule has 7 heteroatoms. The van der Waals surface area contributed by atoms with Gasteiger partial charge in [-0.05, 0) is 55.5 Å². The molecule has 3 aromatic rings. The smallest absolute Gasteiger partial charge is 0.256 e. The highest BCUT2D eigenvalue weighted by Crippen LogP contribution is 2.26. The predicted octanol–water partition coefficient (Wildman–Crippen LogP) is 4.22. The zero-order valence-electron chi connectivity index (χ0n) is 14.6. The van der Waals surface area contributed by atoms with Crippen molar-refractivity contribution in [2.24, 2.45) is 0 Å². The molecule has 1 heterocycles. The van der Waals surface area contributed by atoms with Gasteiger partial charge in [0.25, 0.3) is 5.22 Å². The molecule has 0 aliphatic heterocycles. The Morgan fingerprint density at radius 1 is 1.22 bits per heavy atom. The molecule has 0 aliphatic rings. The number of ketones is 1. The van der Waals surface area contributed by atoms with Crippen molar-refractivity contribution in [3.05, 3.63) is 66.1 Å². The van der Waals surface area contributed by atoms with Gasteiger partial charge in [-0.2, -0.15) is 0 Å². The molecule has 0 amide bonds. The number of Topliss-reactive ketones (excluding diaryl/α,β-unsaturated/α-hetero) is 1. The van der Waals surface area contributed by atoms with Crippen LogP contribution in [-0.2, 0) is 0 Å². The van der Waals surface area contributed by atoms with Crippen LogP contribution >= 0.6 is 11.8 Å². The number of hydrogen-bond acceptors (Lipinski definition) is 6. The Morgan fingerprint density at radius 2 is 1.93 bits per heavy atom. The quantitative estimate of drug-likeness (QED) is 0.461. The highest BCUT2D eigenvalue weighted by Gasteiger charge is 2.11. The zero-order chi connectivity index (χ0) is 19.2. The van der Waals surface area contributed by atoms with Crippen LogP contribution in [0.25, 0.3) is 11.3 Å². The average Bonchev–Trinajstić information content (AvgIpc) is 3.14. The van der Waals surface area contributed by atoms with Gasteiger partial charge >= 0.3 is 0 Å². The molecule has 1 N–H and O–H groups in total. The molecule has 1 aromatic heterocycles. The lowest BCUT2D eigenvalue weighted by molar-refractivity contribution is 0.101. The van der Waals surface area contributed by atoms with Gasteiger partial charge in [-0.1, -0.05) is 11.8 Å². The number of benzene rings is 2. The van der Waals surface area contributed by atoms with Crippen LogP contribution in [0, 0.1) is 5.82 Å². The Balaban J connectivity index is 1.47. The third kappa shape index (κ3) is 5.42. The van der Waals surface area contributed by atoms with E-state index in [1.807, 2.05) is 0 Å². The molecule has 0 radical (unpaired) electrons. The number of halogens is 1. The van der Waals surface area contributed by atoms with Gasteiger partial charge in [0.1, 0.15) is 18.2 Å². The Kier molecular flexibility index (Phi) is 6.26. The summed E-state index contributed by atoms with van der Waals surface area (Å²) in [5, 5.41) is 10.5. The second kappa shape index (κ2) is 8.83. The van der Waals surface area contributed by atoms with Crippen molar-refractivity contribution >= 4 is 17.5 Å². The number of oxazole rings is 1. The standard InChI is InChI=1S/C20H18FNO4S/c1-13(23)14-4-8-18(9-5-14)25-11-17(24)12-27-20-22-10-19(26-20)15-2-6-16(21)7-3-15/h2-10,17,24H,11-12H2,1H3. The van der Waals surface area contributed by atoms with Gasteiger partial charge in [0.05, 0.1) is 12.3 Å². The van der Waals surface area contributed by atoms with Crippen molar-refractivity contribution in [2.75, 3.05) is 12.4 Å². The van der Waals surface area contributed by atoms with Crippen molar-refractivity contribution < 1.29 is 23.4 Å². The van der Waals surface area contributed by atoms with Crippen molar-refractivity contribution in [3.63, 3.8) is 0 Å². The van der Waals surface area contributed by atoms with Crippen LogP contribution in [0.4, 0.5) is 4.39 Å². The summed E-state index contributed by atoms with van der Waals surface area (Å²) in [6.07, 6.45) is 0.846. The molecule has 0 saturated heterocycles. The molecule has 5 nitrogen and oxygen atoms in total. The Bertz CT molecular complexity index is 893. The van der Waals surface area contributed by atoms with Crippen LogP contribution in [-0.4, -0.2) is 34.3 Å². The van der Waals surface area contributed by atoms with Crippen LogP contribution < -0.4 is 4.74 Å². The molecule has 27 heavy (non-hydrogen) atoms. The number of hydrogen-bond donors (Lipinski definition) is 1. The van der Waals surface area contributed by atoms with E-state index < -0.39 is 6.10 Å². The summed E-state index contributed by atoms with van der Waals surface area (Å²) in [5.74, 6) is 1.14. The van der Waals surface area contributed by atoms with E-state index in [-0.39, 0.29) is 18.2 Å². The first kappa shape index (κ1) is 19.1. The van der Waals surface area contributed by atoms with E-state index in [0.29, 0.717) is 28.0 Å². The summed E-state index contributed by atoms with van der Waals surface area (Å²) in [4.78, 5) is 15.4. The van der Waals surface area contributed by atoms with E-state index in [2.05, 4.69) is 4.98 Å². The summed E-state index contributed by atoms with van der Waals surface area (Å²) in [6, 6.07) is 12.7. The minimum atomic E-state index is -0.719. The van der Waals surface area contributed by atoms with E-state index in [1.54, 1.807) is 42.6 Å². The lowest BCUT2D eigenvalue weighted by Crippen LogP contribution is -2.20. The molecular weight excluding hydrogens is 369 g/mol. The van der Waals surface area contributed by atoms with Crippen LogP contribution in [0.3, 0.4) is 0 Å². The molecule has 2 aromatic carbocycles. The Labute approximate surface area is 160 Å². The SMILES string of the molecule is CC(=O)c1ccc(OCC(O)CSc2ncc(-c3ccc(F)cc3)o2)cc1. The molecule has 0 saturated carbocycles. The van der Waals surface area contributed by atoms with Crippen LogP contribution in [0.1, 0.15) is 17.3 Å². The van der Waals surface area contributed by atoms with E-state index in [1.165, 1.54) is 30.8 Å². The predicted molar refractivity (Wildman–Crippen MR) is 101 cm³/mol. The average molecular weight is 387 g/mol. The largest absolute Gasteiger partial charge is 0.491 e. The first-order valence-electron chi connectivity index (χ1n) is 8.27. The van der Waals surface area contributed by atoms with Gasteiger partial charge in [0.15, 0.2) is 11.5 Å². The topological polar surface area (TPSA) is 72.6 Å². The molecule has 140 valence electrons. The van der Waals surface area contributed by atoms with Gasteiger partial charge in [-0.15, -0.1) is 0 Å². The lowest BCUT2D eigenvalue weighted by atomic mass is 10.1. The van der Waals surface area contributed by atoms with Crippen LogP contribution in [0.15, 0.2) is 64.4 Å². The van der Waals surface area contributed by atoms with Crippen molar-refractivity contribution in [3.8, 4) is 17.1 Å². The van der Waals surface area contributed by atoms with E-state index in [9.17, 15) is 14.3 Å². The number of ether oxygens (including phenoxy) is 1. The van der Waals surface area contributed by atoms with Crippen LogP contribution in [0.2, 0.25) is 0 Å². The van der Waals surface area contributed by atoms with E-state index in [0.717, 1.165) is 5.56 Å². The second-order valence-electron chi connectivity index (χ2n) is 5.85. The van der Waals surface area contributed by atoms with E-state index in [4.69, 9.17) is 9.15 Å². The fourth-order valence-corrected chi connectivity index (χ4v) is 2.97. The molecule has 1 atom stereocenters. The van der Waals surface area contributed by atoms with Crippen molar-refractivity contribution in [1.82, 2.24) is 4.98 Å². The second-order valence-corrected chi connectivity index (χ2v) is 6.82. The van der Waals surface area contributed by atoms with Gasteiger partial charge in [-0.25, -0.2) is 9.37 Å². The maximum absolute atomic E-state index is 13.0. The third-order valence-corrected chi connectivity index (χ3v) is 4.70. The summed E-state index contributed by atoms with van der Waals surface area (Å²) in [5.41, 5.74) is 1.34. The first-order valence-corrected chi connectivity index (χ1v) is 9.26. The first-order chi connectivity index (χ1) is 13.0. The number of aromatic nitrogens is 1. The number of thioether (sulfide) groups is 1. The summed E-state index contributed by atoms with van der Waals surface area (Å²) >= 11 is 1.26. The molecular formula is C20H18FNO4S. The summed E-state index contributed by atoms with van der Waals surface area (Å²) < 4.78 is 24.1. The van der Waals surface area contributed by atoms with Gasteiger partial charge in [0, 0.05) is 16.9 Å². The summed E-state index contributed by atoms with van der Waals surface area (Å²) in [7, 11) is 0. The van der Waals surface area contributed by atoms with Crippen molar-refractivity contribution in [1.29, 1.82) is 0 Å². The number of aliphatic hydroxyl groups excluding tert-OH is 1. The highest BCUT2D eigenvalue weighted by atomic mass is 32.2. The Morgan fingerprint density at radius 3 is 2.59 bits per heavy atom.